The van der Waals surface area contributed by atoms with Crippen LogP contribution in [0.3, 0.4) is 0 Å². The second-order valence-corrected chi connectivity index (χ2v) is 9.00. The van der Waals surface area contributed by atoms with Gasteiger partial charge in [0, 0.05) is 24.0 Å². The molecule has 0 spiro atoms. The molecule has 6 N–H and O–H groups in total. The van der Waals surface area contributed by atoms with Gasteiger partial charge in [0.2, 0.25) is 5.82 Å². The number of aryl methyl sites for hydroxylation is 1. The number of fused-ring (bicyclic) bond motifs is 1. The van der Waals surface area contributed by atoms with Gasteiger partial charge in [-0.05, 0) is 49.6 Å². The van der Waals surface area contributed by atoms with Crippen molar-refractivity contribution < 1.29 is 18.0 Å². The van der Waals surface area contributed by atoms with Crippen molar-refractivity contribution in [3.63, 3.8) is 0 Å². The van der Waals surface area contributed by atoms with E-state index in [2.05, 4.69) is 25.9 Å². The fourth-order valence-electron chi connectivity index (χ4n) is 4.42. The number of amides is 1. The van der Waals surface area contributed by atoms with Gasteiger partial charge in [0.15, 0.2) is 5.96 Å². The van der Waals surface area contributed by atoms with Crippen molar-refractivity contribution in [1.29, 1.82) is 5.41 Å². The van der Waals surface area contributed by atoms with Crippen molar-refractivity contribution in [2.24, 2.45) is 5.73 Å². The third-order valence-corrected chi connectivity index (χ3v) is 6.19. The van der Waals surface area contributed by atoms with Crippen molar-refractivity contribution in [1.82, 2.24) is 20.6 Å². The first kappa shape index (κ1) is 30.9. The Hall–Kier alpha value is -3.31. The molecule has 1 amide bonds. The van der Waals surface area contributed by atoms with Gasteiger partial charge in [-0.3, -0.25) is 10.2 Å². The van der Waals surface area contributed by atoms with Crippen molar-refractivity contribution in [3.05, 3.63) is 65.0 Å². The summed E-state index contributed by atoms with van der Waals surface area (Å²) in [6.07, 6.45) is -0.784. The molecule has 1 aliphatic rings. The monoisotopic (exact) mass is 571 g/mol. The molecule has 38 heavy (non-hydrogen) atoms. The molecule has 13 heteroatoms. The Morgan fingerprint density at radius 1 is 1.08 bits per heavy atom. The molecule has 206 valence electrons. The number of nitrogens with zero attached hydrogens (tertiary/aromatic N) is 2. The summed E-state index contributed by atoms with van der Waals surface area (Å²) >= 11 is 0. The first-order valence-corrected chi connectivity index (χ1v) is 11.7. The number of alkyl halides is 3. The summed E-state index contributed by atoms with van der Waals surface area (Å²) in [5, 5.41) is 17.4. The number of carbonyl (C=O) groups excluding carboxylic acids is 1. The average molecular weight is 572 g/mol. The van der Waals surface area contributed by atoms with Gasteiger partial charge < -0.3 is 21.7 Å². The number of nitrogens with two attached hydrogens (primary N) is 1. The van der Waals surface area contributed by atoms with E-state index in [0.29, 0.717) is 16.9 Å². The lowest BCUT2D eigenvalue weighted by molar-refractivity contribution is -0.137. The van der Waals surface area contributed by atoms with Crippen LogP contribution in [-0.2, 0) is 12.7 Å². The fourth-order valence-corrected chi connectivity index (χ4v) is 4.42. The Labute approximate surface area is 230 Å². The van der Waals surface area contributed by atoms with Gasteiger partial charge in [-0.2, -0.15) is 13.2 Å². The Bertz CT molecular complexity index is 1290. The molecule has 2 atom stereocenters. The number of halogens is 5. The maximum Gasteiger partial charge on any atom is 0.416 e. The minimum absolute atomic E-state index is 0. The second kappa shape index (κ2) is 13.0. The molecule has 0 unspecified atom stereocenters. The topological polar surface area (TPSA) is 129 Å². The minimum Gasteiger partial charge on any atom is -0.370 e. The molecule has 0 radical (unpaired) electrons. The van der Waals surface area contributed by atoms with Crippen LogP contribution >= 0.6 is 24.8 Å². The highest BCUT2D eigenvalue weighted by atomic mass is 35.5. The summed E-state index contributed by atoms with van der Waals surface area (Å²) in [5.41, 5.74) is 6.67. The third kappa shape index (κ3) is 7.61. The van der Waals surface area contributed by atoms with Gasteiger partial charge >= 0.3 is 6.18 Å². The SMILES string of the molecule is Cc1ccc2nc(C(=O)NCc3cccc(C(F)(F)F)c3)nc(N[C@H]3CCCC[C@H]3NC(=N)N)c2c1.Cl.Cl. The van der Waals surface area contributed by atoms with Crippen molar-refractivity contribution >= 4 is 53.4 Å². The molecule has 0 aliphatic heterocycles. The van der Waals surface area contributed by atoms with E-state index in [1.54, 1.807) is 6.07 Å². The zero-order chi connectivity index (χ0) is 25.9. The van der Waals surface area contributed by atoms with Gasteiger partial charge in [0.05, 0.1) is 11.1 Å². The molecule has 1 aromatic heterocycles. The minimum atomic E-state index is -4.46. The summed E-state index contributed by atoms with van der Waals surface area (Å²) in [7, 11) is 0. The molecule has 1 fully saturated rings. The second-order valence-electron chi connectivity index (χ2n) is 9.00. The number of carbonyl (C=O) groups is 1. The highest BCUT2D eigenvalue weighted by molar-refractivity contribution is 5.96. The van der Waals surface area contributed by atoms with E-state index in [9.17, 15) is 18.0 Å². The molecular formula is C25H30Cl2F3N7O. The van der Waals surface area contributed by atoms with Crippen LogP contribution in [0, 0.1) is 12.3 Å². The maximum absolute atomic E-state index is 13.0. The van der Waals surface area contributed by atoms with Crippen molar-refractivity contribution in [3.8, 4) is 0 Å². The molecule has 0 bridgehead atoms. The lowest BCUT2D eigenvalue weighted by atomic mass is 9.90. The van der Waals surface area contributed by atoms with Crippen LogP contribution in [0.1, 0.15) is 53.0 Å². The number of benzene rings is 2. The number of hydrogen-bond acceptors (Lipinski definition) is 5. The van der Waals surface area contributed by atoms with Gasteiger partial charge in [0.25, 0.3) is 5.91 Å². The molecule has 2 aromatic carbocycles. The number of hydrogen-bond donors (Lipinski definition) is 5. The molecule has 1 saturated carbocycles. The smallest absolute Gasteiger partial charge is 0.370 e. The predicted molar refractivity (Wildman–Crippen MR) is 146 cm³/mol. The van der Waals surface area contributed by atoms with E-state index in [1.165, 1.54) is 12.1 Å². The summed E-state index contributed by atoms with van der Waals surface area (Å²) in [4.78, 5) is 21.8. The predicted octanol–water partition coefficient (Wildman–Crippen LogP) is 4.94. The van der Waals surface area contributed by atoms with Crippen molar-refractivity contribution in [2.75, 3.05) is 5.32 Å². The van der Waals surface area contributed by atoms with Crippen LogP contribution in [0.25, 0.3) is 10.9 Å². The molecule has 4 rings (SSSR count). The fraction of sp³-hybridized carbons (Fsp3) is 0.360. The molecule has 3 aromatic rings. The van der Waals surface area contributed by atoms with E-state index >= 15 is 0 Å². The quantitative estimate of drug-likeness (QED) is 0.210. The Balaban J connectivity index is 0.00000253. The summed E-state index contributed by atoms with van der Waals surface area (Å²) in [5.74, 6) is -0.311. The van der Waals surface area contributed by atoms with E-state index in [-0.39, 0.29) is 55.2 Å². The largest absolute Gasteiger partial charge is 0.416 e. The molecule has 1 aliphatic carbocycles. The van der Waals surface area contributed by atoms with Crippen LogP contribution < -0.4 is 21.7 Å². The zero-order valence-corrected chi connectivity index (χ0v) is 22.2. The Morgan fingerprint density at radius 3 is 2.47 bits per heavy atom. The van der Waals surface area contributed by atoms with Crippen molar-refractivity contribution in [2.45, 2.75) is 57.4 Å². The third-order valence-electron chi connectivity index (χ3n) is 6.19. The van der Waals surface area contributed by atoms with E-state index in [0.717, 1.165) is 48.8 Å². The van der Waals surface area contributed by atoms with Crippen LogP contribution in [-0.4, -0.2) is 33.9 Å². The highest BCUT2D eigenvalue weighted by Crippen LogP contribution is 2.30. The van der Waals surface area contributed by atoms with E-state index in [4.69, 9.17) is 11.1 Å². The van der Waals surface area contributed by atoms with Gasteiger partial charge in [0.1, 0.15) is 5.82 Å². The molecule has 0 saturated heterocycles. The first-order valence-electron chi connectivity index (χ1n) is 11.7. The Kier molecular flexibility index (Phi) is 10.5. The average Bonchev–Trinajstić information content (AvgIpc) is 2.83. The first-order chi connectivity index (χ1) is 17.1. The lowest BCUT2D eigenvalue weighted by Gasteiger charge is -2.33. The number of guanidine groups is 1. The summed E-state index contributed by atoms with van der Waals surface area (Å²) < 4.78 is 39.0. The van der Waals surface area contributed by atoms with Gasteiger partial charge in [-0.25, -0.2) is 9.97 Å². The Morgan fingerprint density at radius 2 is 1.79 bits per heavy atom. The molecular weight excluding hydrogens is 542 g/mol. The molecule has 1 heterocycles. The van der Waals surface area contributed by atoms with Gasteiger partial charge in [-0.15, -0.1) is 24.8 Å². The number of rotatable bonds is 6. The van der Waals surface area contributed by atoms with Crippen LogP contribution in [0.15, 0.2) is 42.5 Å². The van der Waals surface area contributed by atoms with Crippen LogP contribution in [0.5, 0.6) is 0 Å². The zero-order valence-electron chi connectivity index (χ0n) is 20.6. The molecule has 8 nitrogen and oxygen atoms in total. The standard InChI is InChI=1S/C25H28F3N7O.2ClH/c1-14-9-10-18-17(11-14)21(33-19-7-2-3-8-20(19)34-24(29)30)35-22(32-18)23(36)31-13-15-5-4-6-16(12-15)25(26,27)28;;/h4-6,9-12,19-20H,2-3,7-8,13H2,1H3,(H,31,36)(H4,29,30,34)(H,32,33,35);2*1H/t19-,20+;;/m0../s1. The number of anilines is 1. The normalized spacial score (nSPS) is 17.1. The lowest BCUT2D eigenvalue weighted by Crippen LogP contribution is -2.50. The summed E-state index contributed by atoms with van der Waals surface area (Å²) in [6, 6.07) is 10.3. The van der Waals surface area contributed by atoms with E-state index in [1.807, 2.05) is 19.1 Å². The van der Waals surface area contributed by atoms with E-state index < -0.39 is 17.6 Å². The van der Waals surface area contributed by atoms with Crippen LogP contribution in [0.4, 0.5) is 19.0 Å². The van der Waals surface area contributed by atoms with Gasteiger partial charge in [-0.1, -0.05) is 36.6 Å². The maximum atomic E-state index is 13.0. The summed E-state index contributed by atoms with van der Waals surface area (Å²) in [6.45, 7) is 1.84. The number of aromatic nitrogens is 2. The number of nitrogens with one attached hydrogen (secondary N) is 4. The van der Waals surface area contributed by atoms with Crippen LogP contribution in [0.2, 0.25) is 0 Å². The highest BCUT2D eigenvalue weighted by Gasteiger charge is 2.30.